The maximum absolute atomic E-state index is 12.5. The van der Waals surface area contributed by atoms with Gasteiger partial charge in [-0.2, -0.15) is 5.10 Å². The number of guanidine groups is 1. The van der Waals surface area contributed by atoms with E-state index in [1.165, 1.54) is 0 Å². The molecule has 3 heterocycles. The molecule has 1 N–H and O–H groups in total. The number of carbonyl (C=O) groups is 1. The Morgan fingerprint density at radius 2 is 2.24 bits per heavy atom. The van der Waals surface area contributed by atoms with Crippen LogP contribution in [-0.4, -0.2) is 64.8 Å². The Kier molecular flexibility index (Phi) is 5.27. The van der Waals surface area contributed by atoms with Crippen LogP contribution in [0.3, 0.4) is 0 Å². The van der Waals surface area contributed by atoms with E-state index in [2.05, 4.69) is 20.4 Å². The fourth-order valence-electron chi connectivity index (χ4n) is 2.86. The molecule has 2 aromatic rings. The lowest BCUT2D eigenvalue weighted by atomic mass is 10.2. The number of pyridine rings is 1. The summed E-state index contributed by atoms with van der Waals surface area (Å²) in [4.78, 5) is 24.8. The van der Waals surface area contributed by atoms with Gasteiger partial charge in [-0.25, -0.2) is 0 Å². The van der Waals surface area contributed by atoms with E-state index in [0.717, 1.165) is 36.9 Å². The number of nitrogens with one attached hydrogen (secondary N) is 1. The van der Waals surface area contributed by atoms with Gasteiger partial charge in [0.05, 0.1) is 11.9 Å². The zero-order valence-electron chi connectivity index (χ0n) is 14.6. The van der Waals surface area contributed by atoms with Crippen molar-refractivity contribution in [3.63, 3.8) is 0 Å². The summed E-state index contributed by atoms with van der Waals surface area (Å²) in [7, 11) is 3.58. The average molecular weight is 341 g/mol. The first kappa shape index (κ1) is 16.9. The lowest BCUT2D eigenvalue weighted by Crippen LogP contribution is -2.55. The van der Waals surface area contributed by atoms with E-state index in [4.69, 9.17) is 0 Å². The van der Waals surface area contributed by atoms with Crippen molar-refractivity contribution in [2.45, 2.75) is 6.42 Å². The fraction of sp³-hybridized carbons (Fsp3) is 0.412. The number of anilines is 1. The molecule has 0 radical (unpaired) electrons. The summed E-state index contributed by atoms with van der Waals surface area (Å²) >= 11 is 0. The summed E-state index contributed by atoms with van der Waals surface area (Å²) in [6.07, 6.45) is 6.17. The fourth-order valence-corrected chi connectivity index (χ4v) is 2.86. The maximum atomic E-state index is 12.5. The molecule has 132 valence electrons. The molecule has 0 aromatic carbocycles. The van der Waals surface area contributed by atoms with Crippen molar-refractivity contribution in [3.8, 4) is 0 Å². The van der Waals surface area contributed by atoms with Gasteiger partial charge in [-0.3, -0.25) is 19.5 Å². The van der Waals surface area contributed by atoms with Gasteiger partial charge in [0.15, 0.2) is 5.96 Å². The molecule has 1 amide bonds. The molecule has 0 bridgehead atoms. The van der Waals surface area contributed by atoms with Crippen molar-refractivity contribution in [3.05, 3.63) is 42.5 Å². The molecule has 1 fully saturated rings. The predicted molar refractivity (Wildman–Crippen MR) is 96.4 cm³/mol. The quantitative estimate of drug-likeness (QED) is 0.638. The first-order valence-electron chi connectivity index (χ1n) is 8.32. The van der Waals surface area contributed by atoms with Crippen LogP contribution in [-0.2, 0) is 18.3 Å². The zero-order valence-corrected chi connectivity index (χ0v) is 14.6. The third kappa shape index (κ3) is 4.14. The highest BCUT2D eigenvalue weighted by Crippen LogP contribution is 2.15. The molecule has 2 aromatic heterocycles. The number of carbonyl (C=O) groups excluding carboxylic acids is 1. The third-order valence-electron chi connectivity index (χ3n) is 4.13. The van der Waals surface area contributed by atoms with Crippen molar-refractivity contribution < 1.29 is 4.79 Å². The van der Waals surface area contributed by atoms with Gasteiger partial charge in [-0.1, -0.05) is 6.07 Å². The summed E-state index contributed by atoms with van der Waals surface area (Å²) in [5.41, 5.74) is 1.87. The van der Waals surface area contributed by atoms with Crippen LogP contribution in [0.15, 0.2) is 41.8 Å². The monoisotopic (exact) mass is 341 g/mol. The minimum absolute atomic E-state index is 0.0481. The Bertz CT molecular complexity index is 740. The normalized spacial score (nSPS) is 15.6. The molecule has 0 aliphatic carbocycles. The molecule has 0 atom stereocenters. The number of hydrogen-bond acceptors (Lipinski definition) is 4. The molecule has 8 heteroatoms. The third-order valence-corrected chi connectivity index (χ3v) is 4.13. The summed E-state index contributed by atoms with van der Waals surface area (Å²) < 4.78 is 1.70. The summed E-state index contributed by atoms with van der Waals surface area (Å²) in [5.74, 6) is 0.794. The number of amides is 1. The van der Waals surface area contributed by atoms with Gasteiger partial charge in [0.1, 0.15) is 6.54 Å². The smallest absolute Gasteiger partial charge is 0.246 e. The van der Waals surface area contributed by atoms with Crippen LogP contribution in [0.4, 0.5) is 5.69 Å². The average Bonchev–Trinajstić information content (AvgIpc) is 3.05. The van der Waals surface area contributed by atoms with E-state index >= 15 is 0 Å². The van der Waals surface area contributed by atoms with Crippen LogP contribution in [0.5, 0.6) is 0 Å². The highest BCUT2D eigenvalue weighted by molar-refractivity contribution is 5.98. The van der Waals surface area contributed by atoms with E-state index in [9.17, 15) is 4.79 Å². The number of aliphatic imine (C=N–C) groups is 1. The van der Waals surface area contributed by atoms with Crippen LogP contribution in [0.25, 0.3) is 0 Å². The second-order valence-electron chi connectivity index (χ2n) is 5.88. The standard InChI is InChI=1S/C17H23N7O/c1-18-17(20-8-6-14-5-3-4-7-19-14)23-9-10-24(16(25)13-23)15-11-21-22(2)12-15/h3-5,7,11-12H,6,8-10,13H2,1-2H3,(H,18,20). The molecule has 1 saturated heterocycles. The van der Waals surface area contributed by atoms with Gasteiger partial charge < -0.3 is 15.1 Å². The minimum Gasteiger partial charge on any atom is -0.356 e. The van der Waals surface area contributed by atoms with E-state index in [1.807, 2.05) is 36.3 Å². The van der Waals surface area contributed by atoms with Gasteiger partial charge >= 0.3 is 0 Å². The van der Waals surface area contributed by atoms with Gasteiger partial charge in [0.2, 0.25) is 5.91 Å². The van der Waals surface area contributed by atoms with Gasteiger partial charge in [0, 0.05) is 58.2 Å². The summed E-state index contributed by atoms with van der Waals surface area (Å²) in [6.45, 7) is 2.37. The Labute approximate surface area is 147 Å². The Hall–Kier alpha value is -2.90. The molecular formula is C17H23N7O. The van der Waals surface area contributed by atoms with Crippen LogP contribution in [0, 0.1) is 0 Å². The van der Waals surface area contributed by atoms with Gasteiger partial charge in [-0.15, -0.1) is 0 Å². The second-order valence-corrected chi connectivity index (χ2v) is 5.88. The predicted octanol–water partition coefficient (Wildman–Crippen LogP) is 0.282. The molecule has 0 unspecified atom stereocenters. The second kappa shape index (κ2) is 7.78. The largest absolute Gasteiger partial charge is 0.356 e. The lowest BCUT2D eigenvalue weighted by molar-refractivity contribution is -0.120. The van der Waals surface area contributed by atoms with Gasteiger partial charge in [-0.05, 0) is 12.1 Å². The molecule has 0 spiro atoms. The van der Waals surface area contributed by atoms with Crippen molar-refractivity contribution >= 4 is 17.6 Å². The van der Waals surface area contributed by atoms with E-state index in [0.29, 0.717) is 13.1 Å². The molecule has 1 aliphatic heterocycles. The zero-order chi connectivity index (χ0) is 17.6. The van der Waals surface area contributed by atoms with Crippen molar-refractivity contribution in [1.29, 1.82) is 0 Å². The van der Waals surface area contributed by atoms with Crippen LogP contribution in [0.1, 0.15) is 5.69 Å². The number of nitrogens with zero attached hydrogens (tertiary/aromatic N) is 6. The maximum Gasteiger partial charge on any atom is 0.246 e. The molecule has 3 rings (SSSR count). The Balaban J connectivity index is 1.53. The van der Waals surface area contributed by atoms with Crippen LogP contribution in [0.2, 0.25) is 0 Å². The number of aromatic nitrogens is 3. The first-order chi connectivity index (χ1) is 12.2. The number of aryl methyl sites for hydroxylation is 1. The highest BCUT2D eigenvalue weighted by Gasteiger charge is 2.27. The van der Waals surface area contributed by atoms with Crippen molar-refractivity contribution in [2.75, 3.05) is 38.1 Å². The Morgan fingerprint density at radius 1 is 1.36 bits per heavy atom. The molecule has 25 heavy (non-hydrogen) atoms. The van der Waals surface area contributed by atoms with E-state index in [-0.39, 0.29) is 5.91 Å². The minimum atomic E-state index is 0.0481. The lowest BCUT2D eigenvalue weighted by Gasteiger charge is -2.35. The van der Waals surface area contributed by atoms with Crippen molar-refractivity contribution in [1.82, 2.24) is 25.0 Å². The number of piperazine rings is 1. The van der Waals surface area contributed by atoms with Crippen LogP contribution < -0.4 is 10.2 Å². The molecular weight excluding hydrogens is 318 g/mol. The van der Waals surface area contributed by atoms with E-state index < -0.39 is 0 Å². The van der Waals surface area contributed by atoms with Crippen molar-refractivity contribution in [2.24, 2.45) is 12.0 Å². The van der Waals surface area contributed by atoms with Gasteiger partial charge in [0.25, 0.3) is 0 Å². The summed E-state index contributed by atoms with van der Waals surface area (Å²) in [6, 6.07) is 5.89. The molecule has 0 saturated carbocycles. The Morgan fingerprint density at radius 3 is 2.88 bits per heavy atom. The molecule has 8 nitrogen and oxygen atoms in total. The summed E-state index contributed by atoms with van der Waals surface area (Å²) in [5, 5.41) is 7.45. The van der Waals surface area contributed by atoms with E-state index in [1.54, 1.807) is 29.0 Å². The highest BCUT2D eigenvalue weighted by atomic mass is 16.2. The van der Waals surface area contributed by atoms with Crippen LogP contribution >= 0.6 is 0 Å². The number of hydrogen-bond donors (Lipinski definition) is 1. The first-order valence-corrected chi connectivity index (χ1v) is 8.32. The SMILES string of the molecule is CN=C(NCCc1ccccn1)N1CCN(c2cnn(C)c2)C(=O)C1. The number of rotatable bonds is 4. The molecule has 1 aliphatic rings. The topological polar surface area (TPSA) is 78.7 Å².